The monoisotopic (exact) mass is 504 g/mol. The van der Waals surface area contributed by atoms with Crippen molar-refractivity contribution in [3.8, 4) is 0 Å². The number of amides is 1. The average molecular weight is 503 g/mol. The lowest BCUT2D eigenvalue weighted by molar-refractivity contribution is -0.0224. The van der Waals surface area contributed by atoms with Gasteiger partial charge in [0, 0.05) is 18.0 Å². The number of carbonyl (C=O) groups excluding carboxylic acids is 1. The molecule has 38 heavy (non-hydrogen) atoms. The third kappa shape index (κ3) is 5.21. The van der Waals surface area contributed by atoms with Gasteiger partial charge in [-0.1, -0.05) is 16.8 Å². The molecule has 0 bridgehead atoms. The zero-order chi connectivity index (χ0) is 29.1. The van der Waals surface area contributed by atoms with Gasteiger partial charge in [-0.25, -0.2) is 18.7 Å². The molecule has 5 nitrogen and oxygen atoms in total. The van der Waals surface area contributed by atoms with Gasteiger partial charge >= 0.3 is 0 Å². The van der Waals surface area contributed by atoms with Gasteiger partial charge in [0.2, 0.25) is 0 Å². The van der Waals surface area contributed by atoms with E-state index in [9.17, 15) is 9.18 Å². The summed E-state index contributed by atoms with van der Waals surface area (Å²) in [6, 6.07) is 2.91. The molecular weight excluding hydrogens is 493 g/mol. The summed E-state index contributed by atoms with van der Waals surface area (Å²) in [5.41, 5.74) is -3.24. The van der Waals surface area contributed by atoms with Gasteiger partial charge in [0.15, 0.2) is 0 Å². The van der Waals surface area contributed by atoms with Crippen LogP contribution in [0, 0.1) is 5.82 Å². The van der Waals surface area contributed by atoms with Gasteiger partial charge in [0.05, 0.1) is 97.9 Å². The second-order valence-electron chi connectivity index (χ2n) is 9.48. The third-order valence-corrected chi connectivity index (χ3v) is 6.69. The lowest BCUT2D eigenvalue weighted by Gasteiger charge is -2.71. The highest BCUT2D eigenvalue weighted by Gasteiger charge is 2.66. The van der Waals surface area contributed by atoms with Crippen molar-refractivity contribution >= 4 is 104 Å². The van der Waals surface area contributed by atoms with Crippen LogP contribution in [-0.4, -0.2) is 129 Å². The maximum Gasteiger partial charge on any atom is 0.252 e. The minimum atomic E-state index is -3.19. The molecule has 1 aliphatic heterocycles. The lowest BCUT2D eigenvalue weighted by atomic mass is 9.21. The van der Waals surface area contributed by atoms with Gasteiger partial charge in [-0.05, 0) is 46.2 Å². The maximum atomic E-state index is 16.8. The number of benzene rings is 1. The zero-order valence-electron chi connectivity index (χ0n) is 20.0. The van der Waals surface area contributed by atoms with E-state index < -0.39 is 55.2 Å². The Labute approximate surface area is 240 Å². The van der Waals surface area contributed by atoms with Crippen molar-refractivity contribution in [3.05, 3.63) is 58.4 Å². The molecule has 1 saturated heterocycles. The Bertz CT molecular complexity index is 1230. The zero-order valence-corrected chi connectivity index (χ0v) is 20.8. The van der Waals surface area contributed by atoms with E-state index in [-0.39, 0.29) is 23.5 Å². The van der Waals surface area contributed by atoms with Crippen molar-refractivity contribution in [2.45, 2.75) is 45.0 Å². The Morgan fingerprint density at radius 2 is 1.61 bits per heavy atom. The number of likely N-dealkylation sites (tertiary alicyclic amines) is 1. The molecule has 22 radical (unpaired) electrons. The smallest absolute Gasteiger partial charge is 0.252 e. The predicted octanol–water partition coefficient (Wildman–Crippen LogP) is -2.35. The summed E-state index contributed by atoms with van der Waals surface area (Å²) in [6.07, 6.45) is 1.41. The van der Waals surface area contributed by atoms with Crippen molar-refractivity contribution in [2.75, 3.05) is 0 Å². The molecular formula is C19H10B11ClF2N4O. The summed E-state index contributed by atoms with van der Waals surface area (Å²) in [5.74, 6) is -1.84. The SMILES string of the molecule is [B]C([B])([B])c1cnc(CNC([B])([B])C2(F)CC([B])([B])N(C(=O)c3ccc(F)c(Cl)c3)C([B])([B])C2([B])[B])nc1. The topological polar surface area (TPSA) is 58.1 Å². The van der Waals surface area contributed by atoms with E-state index in [1.807, 2.05) is 0 Å². The molecule has 2 heterocycles. The molecule has 1 unspecified atom stereocenters. The molecule has 1 amide bonds. The summed E-state index contributed by atoms with van der Waals surface area (Å²) in [7, 11) is 65.7. The number of nitrogens with zero attached hydrogens (tertiary/aromatic N) is 3. The van der Waals surface area contributed by atoms with Gasteiger partial charge in [0.25, 0.3) is 5.91 Å². The summed E-state index contributed by atoms with van der Waals surface area (Å²) in [6.45, 7) is -0.344. The van der Waals surface area contributed by atoms with E-state index >= 15 is 4.39 Å². The fourth-order valence-electron chi connectivity index (χ4n) is 4.10. The van der Waals surface area contributed by atoms with Gasteiger partial charge in [-0.2, -0.15) is 0 Å². The second-order valence-corrected chi connectivity index (χ2v) is 9.88. The first-order valence-corrected chi connectivity index (χ1v) is 11.2. The Hall–Kier alpha value is -1.41. The van der Waals surface area contributed by atoms with Crippen LogP contribution in [0.4, 0.5) is 8.78 Å². The number of alkyl halides is 1. The van der Waals surface area contributed by atoms with Crippen molar-refractivity contribution < 1.29 is 13.6 Å². The normalized spacial score (nSPS) is 22.6. The highest BCUT2D eigenvalue weighted by molar-refractivity contribution is 6.59. The van der Waals surface area contributed by atoms with Crippen LogP contribution in [-0.2, 0) is 11.7 Å². The molecule has 1 aromatic heterocycles. The van der Waals surface area contributed by atoms with E-state index in [2.05, 4.69) is 15.3 Å². The second kappa shape index (κ2) is 9.90. The van der Waals surface area contributed by atoms with E-state index in [0.717, 1.165) is 18.2 Å². The Kier molecular flexibility index (Phi) is 8.11. The van der Waals surface area contributed by atoms with Crippen LogP contribution in [0.3, 0.4) is 0 Å². The fraction of sp³-hybridized carbons (Fsp3) is 0.421. The number of halogens is 3. The van der Waals surface area contributed by atoms with E-state index in [1.54, 1.807) is 0 Å². The standard InChI is InChI=1S/C19H10B11ClF2N4O/c20-15(21)7-14(33,18(27,28)36-6-12-34-4-9(5-35-12)16(22,23)24)17(25,26)19(29,30)37(15)13(38)8-1-2-11(32)10(31)3-8/h1-5,36H,6-7H2. The van der Waals surface area contributed by atoms with E-state index in [0.29, 0.717) is 4.90 Å². The Morgan fingerprint density at radius 1 is 1.05 bits per heavy atom. The quantitative estimate of drug-likeness (QED) is 0.450. The number of hydrogen-bond acceptors (Lipinski definition) is 4. The minimum absolute atomic E-state index is 0.0563. The van der Waals surface area contributed by atoms with Crippen molar-refractivity contribution in [2.24, 2.45) is 0 Å². The summed E-state index contributed by atoms with van der Waals surface area (Å²) in [5, 5.41) is -10.5. The molecule has 0 aliphatic carbocycles. The Balaban J connectivity index is 1.95. The Morgan fingerprint density at radius 3 is 2.11 bits per heavy atom. The van der Waals surface area contributed by atoms with Crippen LogP contribution in [0.1, 0.15) is 28.2 Å². The number of rotatable bonds is 6. The molecule has 1 aliphatic rings. The van der Waals surface area contributed by atoms with Crippen LogP contribution < -0.4 is 5.32 Å². The molecule has 166 valence electrons. The maximum absolute atomic E-state index is 16.8. The highest BCUT2D eigenvalue weighted by atomic mass is 35.5. The van der Waals surface area contributed by atoms with Crippen molar-refractivity contribution in [1.82, 2.24) is 20.2 Å². The van der Waals surface area contributed by atoms with E-state index in [4.69, 9.17) is 97.9 Å². The lowest BCUT2D eigenvalue weighted by Crippen LogP contribution is -2.83. The molecule has 19 heteroatoms. The van der Waals surface area contributed by atoms with Gasteiger partial charge < -0.3 is 10.2 Å². The van der Waals surface area contributed by atoms with Crippen LogP contribution in [0.5, 0.6) is 0 Å². The largest absolute Gasteiger partial charge is 0.363 e. The summed E-state index contributed by atoms with van der Waals surface area (Å²) >= 11 is 5.77. The first-order chi connectivity index (χ1) is 17.1. The van der Waals surface area contributed by atoms with Crippen LogP contribution >= 0.6 is 11.6 Å². The van der Waals surface area contributed by atoms with Gasteiger partial charge in [-0.15, -0.1) is 5.11 Å². The third-order valence-electron chi connectivity index (χ3n) is 6.40. The summed E-state index contributed by atoms with van der Waals surface area (Å²) < 4.78 is 30.4. The number of piperidine rings is 1. The molecule has 1 aromatic carbocycles. The molecule has 2 aromatic rings. The molecule has 1 N–H and O–H groups in total. The van der Waals surface area contributed by atoms with Crippen molar-refractivity contribution in [3.63, 3.8) is 0 Å². The van der Waals surface area contributed by atoms with Gasteiger partial charge in [-0.3, -0.25) is 4.79 Å². The molecule has 3 rings (SSSR count). The molecule has 0 spiro atoms. The van der Waals surface area contributed by atoms with E-state index in [1.165, 1.54) is 12.4 Å². The average Bonchev–Trinajstić information content (AvgIpc) is 2.77. The highest BCUT2D eigenvalue weighted by Crippen LogP contribution is 2.58. The van der Waals surface area contributed by atoms with Crippen LogP contribution in [0.25, 0.3) is 0 Å². The first-order valence-electron chi connectivity index (χ1n) is 10.8. The first kappa shape index (κ1) is 31.1. The fourth-order valence-corrected chi connectivity index (χ4v) is 4.28. The predicted molar refractivity (Wildman–Crippen MR) is 151 cm³/mol. The molecule has 1 atom stereocenters. The van der Waals surface area contributed by atoms with Crippen molar-refractivity contribution in [1.29, 1.82) is 0 Å². The number of nitrogens with one attached hydrogen (secondary N) is 1. The molecule has 0 saturated carbocycles. The minimum Gasteiger partial charge on any atom is -0.363 e. The number of hydrogen-bond donors (Lipinski definition) is 1. The van der Waals surface area contributed by atoms with Gasteiger partial charge in [0.1, 0.15) is 17.3 Å². The van der Waals surface area contributed by atoms with Crippen LogP contribution in [0.2, 0.25) is 10.2 Å². The summed E-state index contributed by atoms with van der Waals surface area (Å²) in [4.78, 5) is 21.8. The number of aromatic nitrogens is 2. The molecule has 1 fully saturated rings. The number of carbonyl (C=O) groups is 1. The van der Waals surface area contributed by atoms with Crippen LogP contribution in [0.15, 0.2) is 30.6 Å².